The van der Waals surface area contributed by atoms with E-state index in [1.165, 1.54) is 0 Å². The monoisotopic (exact) mass is 223 g/mol. The molecule has 4 nitrogen and oxygen atoms in total. The van der Waals surface area contributed by atoms with Crippen molar-refractivity contribution >= 4 is 11.6 Å². The van der Waals surface area contributed by atoms with E-state index in [1.54, 1.807) is 30.7 Å². The van der Waals surface area contributed by atoms with E-state index in [0.29, 0.717) is 11.4 Å². The lowest BCUT2D eigenvalue weighted by Gasteiger charge is -2.07. The van der Waals surface area contributed by atoms with Crippen LogP contribution in [-0.4, -0.2) is 20.3 Å². The van der Waals surface area contributed by atoms with Gasteiger partial charge in [-0.15, -0.1) is 0 Å². The standard InChI is InChI=1S/C10H10ClN3O/c11-8-1-2-9(12-6-8)3-10(15)7-4-13-14-5-7/h1-2,4-6,10,15H,3H2,(H,13,14). The average Bonchev–Trinajstić information content (AvgIpc) is 2.74. The first-order valence-electron chi connectivity index (χ1n) is 4.53. The van der Waals surface area contributed by atoms with Gasteiger partial charge >= 0.3 is 0 Å². The van der Waals surface area contributed by atoms with Crippen LogP contribution in [0.5, 0.6) is 0 Å². The highest BCUT2D eigenvalue weighted by Gasteiger charge is 2.09. The van der Waals surface area contributed by atoms with E-state index in [9.17, 15) is 5.11 Å². The summed E-state index contributed by atoms with van der Waals surface area (Å²) in [6.07, 6.45) is 4.70. The first-order valence-corrected chi connectivity index (χ1v) is 4.90. The quantitative estimate of drug-likeness (QED) is 0.833. The lowest BCUT2D eigenvalue weighted by molar-refractivity contribution is 0.177. The lowest BCUT2D eigenvalue weighted by Crippen LogP contribution is -2.02. The zero-order chi connectivity index (χ0) is 10.7. The molecule has 1 atom stereocenters. The normalized spacial score (nSPS) is 12.7. The molecular formula is C10H10ClN3O. The number of nitrogens with one attached hydrogen (secondary N) is 1. The molecule has 0 saturated carbocycles. The van der Waals surface area contributed by atoms with Crippen LogP contribution in [0.2, 0.25) is 5.02 Å². The molecule has 0 aliphatic heterocycles. The molecule has 2 aromatic rings. The third-order valence-electron chi connectivity index (χ3n) is 2.10. The molecule has 0 spiro atoms. The Kier molecular flexibility index (Phi) is 2.99. The number of aliphatic hydroxyl groups excluding tert-OH is 1. The van der Waals surface area contributed by atoms with Gasteiger partial charge in [-0.25, -0.2) is 0 Å². The minimum absolute atomic E-state index is 0.455. The summed E-state index contributed by atoms with van der Waals surface area (Å²) < 4.78 is 0. The summed E-state index contributed by atoms with van der Waals surface area (Å²) in [4.78, 5) is 4.11. The maximum Gasteiger partial charge on any atom is 0.0875 e. The second kappa shape index (κ2) is 4.42. The topological polar surface area (TPSA) is 61.8 Å². The maximum absolute atomic E-state index is 9.80. The summed E-state index contributed by atoms with van der Waals surface area (Å²) in [5.41, 5.74) is 1.56. The average molecular weight is 224 g/mol. The van der Waals surface area contributed by atoms with Gasteiger partial charge in [0.15, 0.2) is 0 Å². The Balaban J connectivity index is 2.06. The van der Waals surface area contributed by atoms with Crippen molar-refractivity contribution in [1.82, 2.24) is 15.2 Å². The van der Waals surface area contributed by atoms with Crippen molar-refractivity contribution in [2.24, 2.45) is 0 Å². The van der Waals surface area contributed by atoms with Crippen LogP contribution in [0.3, 0.4) is 0 Å². The summed E-state index contributed by atoms with van der Waals surface area (Å²) >= 11 is 5.71. The van der Waals surface area contributed by atoms with Crippen molar-refractivity contribution in [2.75, 3.05) is 0 Å². The Bertz CT molecular complexity index is 413. The van der Waals surface area contributed by atoms with Crippen LogP contribution in [0.15, 0.2) is 30.7 Å². The van der Waals surface area contributed by atoms with E-state index in [2.05, 4.69) is 15.2 Å². The fourth-order valence-corrected chi connectivity index (χ4v) is 1.40. The number of aromatic amines is 1. The Hall–Kier alpha value is -1.39. The SMILES string of the molecule is OC(Cc1ccc(Cl)cn1)c1cn[nH]c1. The van der Waals surface area contributed by atoms with Crippen molar-refractivity contribution in [3.05, 3.63) is 47.0 Å². The molecule has 0 aliphatic carbocycles. The number of aromatic nitrogens is 3. The summed E-state index contributed by atoms with van der Waals surface area (Å²) in [6.45, 7) is 0. The maximum atomic E-state index is 9.80. The Labute approximate surface area is 91.9 Å². The molecule has 15 heavy (non-hydrogen) atoms. The molecular weight excluding hydrogens is 214 g/mol. The molecule has 0 amide bonds. The van der Waals surface area contributed by atoms with E-state index in [1.807, 2.05) is 0 Å². The molecule has 2 heterocycles. The number of hydrogen-bond acceptors (Lipinski definition) is 3. The van der Waals surface area contributed by atoms with Gasteiger partial charge in [0.25, 0.3) is 0 Å². The number of halogens is 1. The highest BCUT2D eigenvalue weighted by atomic mass is 35.5. The zero-order valence-corrected chi connectivity index (χ0v) is 8.65. The molecule has 78 valence electrons. The number of rotatable bonds is 3. The molecule has 5 heteroatoms. The summed E-state index contributed by atoms with van der Waals surface area (Å²) in [7, 11) is 0. The predicted molar refractivity (Wildman–Crippen MR) is 56.5 cm³/mol. The van der Waals surface area contributed by atoms with Crippen LogP contribution < -0.4 is 0 Å². The number of nitrogens with zero attached hydrogens (tertiary/aromatic N) is 2. The largest absolute Gasteiger partial charge is 0.388 e. The van der Waals surface area contributed by atoms with Gasteiger partial charge < -0.3 is 5.11 Å². The number of pyridine rings is 1. The molecule has 2 N–H and O–H groups in total. The summed E-state index contributed by atoms with van der Waals surface area (Å²) in [5.74, 6) is 0. The number of H-pyrrole nitrogens is 1. The van der Waals surface area contributed by atoms with Crippen molar-refractivity contribution in [2.45, 2.75) is 12.5 Å². The van der Waals surface area contributed by atoms with Gasteiger partial charge in [-0.2, -0.15) is 5.10 Å². The van der Waals surface area contributed by atoms with Gasteiger partial charge in [0.2, 0.25) is 0 Å². The van der Waals surface area contributed by atoms with Crippen molar-refractivity contribution < 1.29 is 5.11 Å². The van der Waals surface area contributed by atoms with Crippen LogP contribution in [0.4, 0.5) is 0 Å². The van der Waals surface area contributed by atoms with E-state index >= 15 is 0 Å². The van der Waals surface area contributed by atoms with Crippen LogP contribution in [0, 0.1) is 0 Å². The first kappa shape index (κ1) is 10.1. The second-order valence-electron chi connectivity index (χ2n) is 3.22. The summed E-state index contributed by atoms with van der Waals surface area (Å²) in [5, 5.41) is 16.8. The van der Waals surface area contributed by atoms with Gasteiger partial charge in [-0.3, -0.25) is 10.1 Å². The van der Waals surface area contributed by atoms with Crippen molar-refractivity contribution in [3.63, 3.8) is 0 Å². The highest BCUT2D eigenvalue weighted by molar-refractivity contribution is 6.30. The molecule has 2 rings (SSSR count). The molecule has 0 aromatic carbocycles. The van der Waals surface area contributed by atoms with Crippen LogP contribution in [-0.2, 0) is 6.42 Å². The van der Waals surface area contributed by atoms with Gasteiger partial charge in [-0.1, -0.05) is 11.6 Å². The lowest BCUT2D eigenvalue weighted by atomic mass is 10.1. The minimum Gasteiger partial charge on any atom is -0.388 e. The van der Waals surface area contributed by atoms with E-state index in [0.717, 1.165) is 11.3 Å². The van der Waals surface area contributed by atoms with Crippen LogP contribution >= 0.6 is 11.6 Å². The molecule has 0 aliphatic rings. The molecule has 0 bridgehead atoms. The molecule has 2 aromatic heterocycles. The van der Waals surface area contributed by atoms with E-state index < -0.39 is 6.10 Å². The number of aliphatic hydroxyl groups is 1. The Morgan fingerprint density at radius 2 is 2.27 bits per heavy atom. The molecule has 0 saturated heterocycles. The van der Waals surface area contributed by atoms with Crippen molar-refractivity contribution in [1.29, 1.82) is 0 Å². The fraction of sp³-hybridized carbons (Fsp3) is 0.200. The van der Waals surface area contributed by atoms with Gasteiger partial charge in [0.05, 0.1) is 17.3 Å². The van der Waals surface area contributed by atoms with Crippen LogP contribution in [0.25, 0.3) is 0 Å². The third kappa shape index (κ3) is 2.55. The molecule has 0 radical (unpaired) electrons. The Morgan fingerprint density at radius 1 is 1.40 bits per heavy atom. The molecule has 1 unspecified atom stereocenters. The fourth-order valence-electron chi connectivity index (χ4n) is 1.29. The van der Waals surface area contributed by atoms with Gasteiger partial charge in [-0.05, 0) is 12.1 Å². The minimum atomic E-state index is -0.586. The number of hydrogen-bond donors (Lipinski definition) is 2. The van der Waals surface area contributed by atoms with Gasteiger partial charge in [0, 0.05) is 30.1 Å². The predicted octanol–water partition coefficient (Wildman–Crippen LogP) is 1.73. The van der Waals surface area contributed by atoms with E-state index in [4.69, 9.17) is 11.6 Å². The Morgan fingerprint density at radius 3 is 2.87 bits per heavy atom. The third-order valence-corrected chi connectivity index (χ3v) is 2.32. The zero-order valence-electron chi connectivity index (χ0n) is 7.89. The van der Waals surface area contributed by atoms with Crippen molar-refractivity contribution in [3.8, 4) is 0 Å². The second-order valence-corrected chi connectivity index (χ2v) is 3.66. The summed E-state index contributed by atoms with van der Waals surface area (Å²) in [6, 6.07) is 3.55. The van der Waals surface area contributed by atoms with E-state index in [-0.39, 0.29) is 0 Å². The van der Waals surface area contributed by atoms with Gasteiger partial charge in [0.1, 0.15) is 0 Å². The smallest absolute Gasteiger partial charge is 0.0875 e. The molecule has 0 fully saturated rings. The highest BCUT2D eigenvalue weighted by Crippen LogP contribution is 2.16. The van der Waals surface area contributed by atoms with Crippen LogP contribution in [0.1, 0.15) is 17.4 Å². The first-order chi connectivity index (χ1) is 7.25.